The molecule has 4 aliphatic rings. The molecule has 0 aromatic carbocycles. The zero-order valence-electron chi connectivity index (χ0n) is 17.2. The number of rotatable bonds is 3. The molecular weight excluding hydrogens is 340 g/mol. The molecule has 2 saturated heterocycles. The lowest BCUT2D eigenvalue weighted by Gasteiger charge is -2.55. The van der Waals surface area contributed by atoms with Crippen LogP contribution in [0.15, 0.2) is 4.99 Å². The van der Waals surface area contributed by atoms with Gasteiger partial charge in [-0.25, -0.2) is 0 Å². The zero-order valence-corrected chi connectivity index (χ0v) is 17.2. The lowest BCUT2D eigenvalue weighted by atomic mass is 9.57. The van der Waals surface area contributed by atoms with E-state index in [2.05, 4.69) is 34.4 Å². The minimum absolute atomic E-state index is 0.136. The number of hydrogen-bond acceptors (Lipinski definition) is 3. The number of amides is 1. The highest BCUT2D eigenvalue weighted by molar-refractivity contribution is 5.82. The van der Waals surface area contributed by atoms with Crippen LogP contribution in [0.25, 0.3) is 0 Å². The lowest BCUT2D eigenvalue weighted by molar-refractivity contribution is -0.135. The van der Waals surface area contributed by atoms with Crippen LogP contribution in [0.5, 0.6) is 0 Å². The van der Waals surface area contributed by atoms with Gasteiger partial charge < -0.3 is 20.3 Å². The summed E-state index contributed by atoms with van der Waals surface area (Å²) in [6.45, 7) is 7.12. The fraction of sp³-hybridized carbons (Fsp3) is 0.905. The van der Waals surface area contributed by atoms with Crippen LogP contribution in [-0.2, 0) is 9.53 Å². The van der Waals surface area contributed by atoms with E-state index < -0.39 is 0 Å². The van der Waals surface area contributed by atoms with Crippen LogP contribution in [-0.4, -0.2) is 61.7 Å². The van der Waals surface area contributed by atoms with Crippen LogP contribution in [0.1, 0.15) is 58.8 Å². The third-order valence-corrected chi connectivity index (χ3v) is 7.41. The second kappa shape index (κ2) is 7.61. The maximum atomic E-state index is 12.8. The standard InChI is InChI=1S/C21H36N4O2/c1-21(2)17(16-10-12-27-18(16)21)24-20(22-3)23-15-9-11-25(13-15)19(26)14-7-5-4-6-8-14/h14-18H,4-13H2,1-3H3,(H2,22,23,24). The van der Waals surface area contributed by atoms with Gasteiger partial charge in [0.05, 0.1) is 6.10 Å². The van der Waals surface area contributed by atoms with E-state index in [1.807, 2.05) is 7.05 Å². The van der Waals surface area contributed by atoms with E-state index in [0.29, 0.717) is 30.0 Å². The number of nitrogens with one attached hydrogen (secondary N) is 2. The Bertz CT molecular complexity index is 585. The van der Waals surface area contributed by atoms with Gasteiger partial charge in [0.1, 0.15) is 0 Å². The smallest absolute Gasteiger partial charge is 0.225 e. The number of guanidine groups is 1. The second-order valence-electron chi connectivity index (χ2n) is 9.51. The second-order valence-corrected chi connectivity index (χ2v) is 9.51. The van der Waals surface area contributed by atoms with E-state index in [4.69, 9.17) is 4.74 Å². The highest BCUT2D eigenvalue weighted by Crippen LogP contribution is 2.52. The van der Waals surface area contributed by atoms with Crippen LogP contribution in [0, 0.1) is 17.3 Å². The first-order chi connectivity index (χ1) is 13.0. The fourth-order valence-corrected chi connectivity index (χ4v) is 5.81. The minimum atomic E-state index is 0.136. The average Bonchev–Trinajstić information content (AvgIpc) is 3.33. The number of ether oxygens (including phenoxy) is 1. The number of aliphatic imine (C=N–C) groups is 1. The molecule has 2 heterocycles. The summed E-state index contributed by atoms with van der Waals surface area (Å²) < 4.78 is 5.90. The molecule has 0 radical (unpaired) electrons. The Morgan fingerprint density at radius 1 is 1.11 bits per heavy atom. The molecule has 0 spiro atoms. The van der Waals surface area contributed by atoms with Crippen LogP contribution >= 0.6 is 0 Å². The van der Waals surface area contributed by atoms with E-state index in [9.17, 15) is 4.79 Å². The summed E-state index contributed by atoms with van der Waals surface area (Å²) in [5.41, 5.74) is 0.136. The molecule has 2 aliphatic carbocycles. The van der Waals surface area contributed by atoms with E-state index >= 15 is 0 Å². The molecule has 4 unspecified atom stereocenters. The first-order valence-electron chi connectivity index (χ1n) is 10.9. The number of fused-ring (bicyclic) bond motifs is 1. The highest BCUT2D eigenvalue weighted by atomic mass is 16.5. The summed E-state index contributed by atoms with van der Waals surface area (Å²) in [6, 6.07) is 0.695. The number of carbonyl (C=O) groups excluding carboxylic acids is 1. The van der Waals surface area contributed by atoms with Crippen molar-refractivity contribution in [2.75, 3.05) is 26.7 Å². The van der Waals surface area contributed by atoms with Gasteiger partial charge in [-0.15, -0.1) is 0 Å². The van der Waals surface area contributed by atoms with Gasteiger partial charge in [0.2, 0.25) is 5.91 Å². The van der Waals surface area contributed by atoms with Gasteiger partial charge in [0.15, 0.2) is 5.96 Å². The molecule has 4 atom stereocenters. The van der Waals surface area contributed by atoms with Crippen LogP contribution in [0.4, 0.5) is 0 Å². The van der Waals surface area contributed by atoms with Crippen molar-refractivity contribution in [1.29, 1.82) is 0 Å². The zero-order chi connectivity index (χ0) is 19.0. The molecular formula is C21H36N4O2. The van der Waals surface area contributed by atoms with Gasteiger partial charge in [-0.3, -0.25) is 9.79 Å². The predicted molar refractivity (Wildman–Crippen MR) is 107 cm³/mol. The first-order valence-corrected chi connectivity index (χ1v) is 10.9. The Balaban J connectivity index is 1.29. The Morgan fingerprint density at radius 2 is 1.89 bits per heavy atom. The summed E-state index contributed by atoms with van der Waals surface area (Å²) in [5, 5.41) is 7.23. The number of carbonyl (C=O) groups is 1. The average molecular weight is 377 g/mol. The summed E-state index contributed by atoms with van der Waals surface area (Å²) >= 11 is 0. The van der Waals surface area contributed by atoms with E-state index in [1.54, 1.807) is 0 Å². The van der Waals surface area contributed by atoms with Crippen molar-refractivity contribution in [3.8, 4) is 0 Å². The van der Waals surface area contributed by atoms with Crippen molar-refractivity contribution < 1.29 is 9.53 Å². The Morgan fingerprint density at radius 3 is 2.63 bits per heavy atom. The first kappa shape index (κ1) is 19.0. The van der Waals surface area contributed by atoms with Gasteiger partial charge in [-0.1, -0.05) is 33.1 Å². The molecule has 6 heteroatoms. The van der Waals surface area contributed by atoms with Crippen LogP contribution in [0.2, 0.25) is 0 Å². The van der Waals surface area contributed by atoms with Crippen molar-refractivity contribution >= 4 is 11.9 Å². The van der Waals surface area contributed by atoms with Crippen molar-refractivity contribution in [3.05, 3.63) is 0 Å². The van der Waals surface area contributed by atoms with Gasteiger partial charge in [0.25, 0.3) is 0 Å². The van der Waals surface area contributed by atoms with Crippen molar-refractivity contribution in [1.82, 2.24) is 15.5 Å². The maximum Gasteiger partial charge on any atom is 0.225 e. The molecule has 27 heavy (non-hydrogen) atoms. The predicted octanol–water partition coefficient (Wildman–Crippen LogP) is 2.15. The Labute approximate surface area is 163 Å². The molecule has 0 bridgehead atoms. The van der Waals surface area contributed by atoms with Crippen LogP contribution < -0.4 is 10.6 Å². The number of likely N-dealkylation sites (tertiary alicyclic amines) is 1. The molecule has 2 saturated carbocycles. The third kappa shape index (κ3) is 3.57. The fourth-order valence-electron chi connectivity index (χ4n) is 5.81. The molecule has 2 aliphatic heterocycles. The quantitative estimate of drug-likeness (QED) is 0.585. The highest BCUT2D eigenvalue weighted by Gasteiger charge is 2.59. The van der Waals surface area contributed by atoms with Crippen molar-refractivity contribution in [2.24, 2.45) is 22.2 Å². The molecule has 4 fully saturated rings. The summed E-state index contributed by atoms with van der Waals surface area (Å²) in [7, 11) is 1.84. The van der Waals surface area contributed by atoms with Gasteiger partial charge in [-0.05, 0) is 25.7 Å². The number of hydrogen-bond donors (Lipinski definition) is 2. The monoisotopic (exact) mass is 376 g/mol. The molecule has 152 valence electrons. The Kier molecular flexibility index (Phi) is 5.36. The van der Waals surface area contributed by atoms with Gasteiger partial charge in [-0.2, -0.15) is 0 Å². The molecule has 0 aromatic heterocycles. The summed E-state index contributed by atoms with van der Waals surface area (Å²) in [5.74, 6) is 2.11. The molecule has 1 amide bonds. The minimum Gasteiger partial charge on any atom is -0.377 e. The van der Waals surface area contributed by atoms with E-state index in [1.165, 1.54) is 19.3 Å². The maximum absolute atomic E-state index is 12.8. The number of nitrogens with zero attached hydrogens (tertiary/aromatic N) is 2. The SMILES string of the molecule is CN=C(NC1CCN(C(=O)C2CCCCC2)C1)NC1C2CCOC2C1(C)C. The molecule has 2 N–H and O–H groups in total. The van der Waals surface area contributed by atoms with Gasteiger partial charge in [0, 0.05) is 56.1 Å². The molecule has 0 aromatic rings. The summed E-state index contributed by atoms with van der Waals surface area (Å²) in [4.78, 5) is 19.3. The lowest BCUT2D eigenvalue weighted by Crippen LogP contribution is -2.68. The Hall–Kier alpha value is -1.30. The van der Waals surface area contributed by atoms with Gasteiger partial charge >= 0.3 is 0 Å². The van der Waals surface area contributed by atoms with E-state index in [-0.39, 0.29) is 11.3 Å². The topological polar surface area (TPSA) is 66.0 Å². The molecule has 4 rings (SSSR count). The van der Waals surface area contributed by atoms with Crippen molar-refractivity contribution in [2.45, 2.75) is 77.0 Å². The third-order valence-electron chi connectivity index (χ3n) is 7.41. The molecule has 6 nitrogen and oxygen atoms in total. The summed E-state index contributed by atoms with van der Waals surface area (Å²) in [6.07, 6.45) is 8.40. The van der Waals surface area contributed by atoms with Crippen LogP contribution in [0.3, 0.4) is 0 Å². The van der Waals surface area contributed by atoms with E-state index in [0.717, 1.165) is 51.3 Å². The van der Waals surface area contributed by atoms with Crippen molar-refractivity contribution in [3.63, 3.8) is 0 Å². The normalized spacial score (nSPS) is 36.3. The largest absolute Gasteiger partial charge is 0.377 e.